The molecule has 1 heterocycles. The van der Waals surface area contributed by atoms with Crippen molar-refractivity contribution in [2.24, 2.45) is 0 Å². The van der Waals surface area contributed by atoms with Crippen molar-refractivity contribution in [1.82, 2.24) is 4.98 Å². The number of pyridine rings is 1. The van der Waals surface area contributed by atoms with Gasteiger partial charge in [0.05, 0.1) is 18.9 Å². The van der Waals surface area contributed by atoms with Crippen LogP contribution in [0.2, 0.25) is 0 Å². The maximum atomic E-state index is 12.6. The fraction of sp³-hybridized carbons (Fsp3) is 0.143. The predicted octanol–water partition coefficient (Wildman–Crippen LogP) is 1.10. The number of nitrogens with zero attached hydrogens (tertiary/aromatic N) is 2. The van der Waals surface area contributed by atoms with E-state index in [4.69, 9.17) is 5.26 Å². The maximum Gasteiger partial charge on any atom is 0.214 e. The molecule has 56 valence electrons. The minimum absolute atomic E-state index is 0.0585. The van der Waals surface area contributed by atoms with Crippen LogP contribution in [0.15, 0.2) is 12.3 Å². The molecule has 0 amide bonds. The third kappa shape index (κ3) is 1.44. The molecule has 0 N–H and O–H groups in total. The highest BCUT2D eigenvalue weighted by Crippen LogP contribution is 2.10. The van der Waals surface area contributed by atoms with Gasteiger partial charge in [-0.25, -0.2) is 9.37 Å². The van der Waals surface area contributed by atoms with E-state index in [-0.39, 0.29) is 11.4 Å². The molecule has 0 aliphatic carbocycles. The first-order valence-electron chi connectivity index (χ1n) is 2.87. The van der Waals surface area contributed by atoms with Gasteiger partial charge in [-0.3, -0.25) is 0 Å². The summed E-state index contributed by atoms with van der Waals surface area (Å²) in [5, 5.41) is 8.37. The van der Waals surface area contributed by atoms with Crippen LogP contribution >= 0.6 is 0 Å². The minimum atomic E-state index is -0.631. The number of halogens is 1. The highest BCUT2D eigenvalue weighted by molar-refractivity contribution is 5.32. The summed E-state index contributed by atoms with van der Waals surface area (Å²) in [6.07, 6.45) is 0.956. The largest absolute Gasteiger partial charge is 0.481 e. The first-order chi connectivity index (χ1) is 5.27. The van der Waals surface area contributed by atoms with E-state index in [2.05, 4.69) is 9.72 Å². The van der Waals surface area contributed by atoms with E-state index in [1.165, 1.54) is 13.2 Å². The molecule has 0 spiro atoms. The van der Waals surface area contributed by atoms with Gasteiger partial charge in [0.25, 0.3) is 0 Å². The zero-order chi connectivity index (χ0) is 8.27. The molecule has 3 nitrogen and oxygen atoms in total. The summed E-state index contributed by atoms with van der Waals surface area (Å²) in [5.74, 6) is -0.392. The summed E-state index contributed by atoms with van der Waals surface area (Å²) < 4.78 is 17.2. The Morgan fingerprint density at radius 3 is 3.00 bits per heavy atom. The smallest absolute Gasteiger partial charge is 0.214 e. The number of hydrogen-bond donors (Lipinski definition) is 0. The van der Waals surface area contributed by atoms with Gasteiger partial charge in [0, 0.05) is 6.07 Å². The van der Waals surface area contributed by atoms with Crippen LogP contribution in [0, 0.1) is 17.1 Å². The molecule has 0 saturated carbocycles. The summed E-state index contributed by atoms with van der Waals surface area (Å²) >= 11 is 0. The average Bonchev–Trinajstić information content (AvgIpc) is 2.05. The van der Waals surface area contributed by atoms with Crippen molar-refractivity contribution >= 4 is 0 Å². The molecule has 0 radical (unpaired) electrons. The van der Waals surface area contributed by atoms with E-state index in [9.17, 15) is 4.39 Å². The second kappa shape index (κ2) is 2.97. The van der Waals surface area contributed by atoms with Crippen molar-refractivity contribution in [3.63, 3.8) is 0 Å². The number of nitriles is 1. The summed E-state index contributed by atoms with van der Waals surface area (Å²) in [7, 11) is 1.40. The molecule has 11 heavy (non-hydrogen) atoms. The van der Waals surface area contributed by atoms with Crippen LogP contribution in [0.3, 0.4) is 0 Å². The third-order valence-corrected chi connectivity index (χ3v) is 1.16. The van der Waals surface area contributed by atoms with E-state index in [1.54, 1.807) is 6.07 Å². The maximum absolute atomic E-state index is 12.6. The molecule has 0 aliphatic rings. The number of methoxy groups -OCH3 is 1. The number of rotatable bonds is 1. The Balaban J connectivity index is 3.15. The van der Waals surface area contributed by atoms with E-state index in [0.29, 0.717) is 0 Å². The van der Waals surface area contributed by atoms with Crippen molar-refractivity contribution in [3.05, 3.63) is 23.6 Å². The predicted molar refractivity (Wildman–Crippen MR) is 35.5 cm³/mol. The quantitative estimate of drug-likeness (QED) is 0.605. The van der Waals surface area contributed by atoms with E-state index < -0.39 is 5.82 Å². The molecule has 0 saturated heterocycles. The lowest BCUT2D eigenvalue weighted by molar-refractivity contribution is 0.395. The van der Waals surface area contributed by atoms with Gasteiger partial charge in [-0.15, -0.1) is 0 Å². The Morgan fingerprint density at radius 1 is 1.73 bits per heavy atom. The lowest BCUT2D eigenvalue weighted by Gasteiger charge is -1.97. The van der Waals surface area contributed by atoms with Crippen molar-refractivity contribution in [1.29, 1.82) is 5.26 Å². The SMILES string of the molecule is COc1cc(C#N)c(F)cn1. The fourth-order valence-corrected chi connectivity index (χ4v) is 0.617. The Morgan fingerprint density at radius 2 is 2.45 bits per heavy atom. The molecule has 1 aromatic heterocycles. The number of hydrogen-bond acceptors (Lipinski definition) is 3. The fourth-order valence-electron chi connectivity index (χ4n) is 0.617. The van der Waals surface area contributed by atoms with Crippen LogP contribution in [-0.4, -0.2) is 12.1 Å². The molecule has 1 aromatic rings. The summed E-state index contributed by atoms with van der Waals surface area (Å²) in [6.45, 7) is 0. The standard InChI is InChI=1S/C7H5FN2O/c1-11-7-2-5(3-9)6(8)4-10-7/h2,4H,1H3. The lowest BCUT2D eigenvalue weighted by Crippen LogP contribution is -1.91. The summed E-state index contributed by atoms with van der Waals surface area (Å²) in [5.41, 5.74) is -0.0585. The number of aromatic nitrogens is 1. The molecule has 4 heteroatoms. The van der Waals surface area contributed by atoms with Gasteiger partial charge in [-0.05, 0) is 0 Å². The Hall–Kier alpha value is -1.63. The Bertz CT molecular complexity index is 306. The van der Waals surface area contributed by atoms with E-state index in [0.717, 1.165) is 6.20 Å². The molecule has 1 rings (SSSR count). The topological polar surface area (TPSA) is 45.9 Å². The van der Waals surface area contributed by atoms with Crippen LogP contribution in [0.5, 0.6) is 5.88 Å². The lowest BCUT2D eigenvalue weighted by atomic mass is 10.3. The Labute approximate surface area is 63.1 Å². The molecular formula is C7H5FN2O. The van der Waals surface area contributed by atoms with Crippen LogP contribution in [0.25, 0.3) is 0 Å². The minimum Gasteiger partial charge on any atom is -0.481 e. The van der Waals surface area contributed by atoms with E-state index >= 15 is 0 Å². The summed E-state index contributed by atoms with van der Waals surface area (Å²) in [6, 6.07) is 2.92. The molecule has 0 fully saturated rings. The van der Waals surface area contributed by atoms with Gasteiger partial charge >= 0.3 is 0 Å². The monoisotopic (exact) mass is 152 g/mol. The second-order valence-electron chi connectivity index (χ2n) is 1.82. The van der Waals surface area contributed by atoms with Gasteiger partial charge in [0.15, 0.2) is 5.82 Å². The molecule has 0 aliphatic heterocycles. The van der Waals surface area contributed by atoms with Gasteiger partial charge in [0.2, 0.25) is 5.88 Å². The van der Waals surface area contributed by atoms with Gasteiger partial charge in [-0.1, -0.05) is 0 Å². The van der Waals surface area contributed by atoms with Crippen LogP contribution < -0.4 is 4.74 Å². The van der Waals surface area contributed by atoms with E-state index in [1.807, 2.05) is 0 Å². The Kier molecular flexibility index (Phi) is 2.02. The van der Waals surface area contributed by atoms with Crippen LogP contribution in [0.4, 0.5) is 4.39 Å². The van der Waals surface area contributed by atoms with Gasteiger partial charge in [-0.2, -0.15) is 5.26 Å². The van der Waals surface area contributed by atoms with Gasteiger partial charge < -0.3 is 4.74 Å². The molecule has 0 bridgehead atoms. The highest BCUT2D eigenvalue weighted by Gasteiger charge is 2.02. The van der Waals surface area contributed by atoms with Crippen molar-refractivity contribution in [2.75, 3.05) is 7.11 Å². The van der Waals surface area contributed by atoms with Gasteiger partial charge in [0.1, 0.15) is 6.07 Å². The van der Waals surface area contributed by atoms with Crippen LogP contribution in [-0.2, 0) is 0 Å². The molecule has 0 aromatic carbocycles. The third-order valence-electron chi connectivity index (χ3n) is 1.16. The van der Waals surface area contributed by atoms with Crippen molar-refractivity contribution in [3.8, 4) is 11.9 Å². The molecule has 0 atom stereocenters. The normalized spacial score (nSPS) is 8.82. The first kappa shape index (κ1) is 7.48. The van der Waals surface area contributed by atoms with Crippen molar-refractivity contribution in [2.45, 2.75) is 0 Å². The summed E-state index contributed by atoms with van der Waals surface area (Å²) in [4.78, 5) is 3.56. The number of ether oxygens (including phenoxy) is 1. The molecular weight excluding hydrogens is 147 g/mol. The highest BCUT2D eigenvalue weighted by atomic mass is 19.1. The van der Waals surface area contributed by atoms with Crippen molar-refractivity contribution < 1.29 is 9.13 Å². The van der Waals surface area contributed by atoms with Crippen LogP contribution in [0.1, 0.15) is 5.56 Å². The first-order valence-corrected chi connectivity index (χ1v) is 2.87. The zero-order valence-electron chi connectivity index (χ0n) is 5.84. The second-order valence-corrected chi connectivity index (χ2v) is 1.82. The average molecular weight is 152 g/mol. The molecule has 0 unspecified atom stereocenters. The zero-order valence-corrected chi connectivity index (χ0v) is 5.84.